The average Bonchev–Trinajstić information content (AvgIpc) is 3.82. The maximum Gasteiger partial charge on any atom is 0.165 e. The van der Waals surface area contributed by atoms with Crippen molar-refractivity contribution in [3.63, 3.8) is 0 Å². The molecule has 4 nitrogen and oxygen atoms in total. The van der Waals surface area contributed by atoms with Crippen molar-refractivity contribution in [2.45, 2.75) is 27.7 Å². The van der Waals surface area contributed by atoms with Gasteiger partial charge in [-0.05, 0) is 87.4 Å². The smallest absolute Gasteiger partial charge is 0.165 e. The highest BCUT2D eigenvalue weighted by molar-refractivity contribution is 7.37. The van der Waals surface area contributed by atoms with Crippen molar-refractivity contribution in [1.82, 2.24) is 9.13 Å². The fourth-order valence-corrected chi connectivity index (χ4v) is 9.54. The van der Waals surface area contributed by atoms with Crippen molar-refractivity contribution in [3.05, 3.63) is 107 Å². The highest BCUT2D eigenvalue weighted by atomic mass is 32.1. The normalized spacial score (nSPS) is 12.5. The van der Waals surface area contributed by atoms with E-state index in [0.29, 0.717) is 0 Å². The Balaban J connectivity index is 1.33. The van der Waals surface area contributed by atoms with E-state index in [1.54, 1.807) is 22.7 Å². The molecule has 6 aromatic heterocycles. The lowest BCUT2D eigenvalue weighted by atomic mass is 10.2. The van der Waals surface area contributed by atoms with Gasteiger partial charge in [0.1, 0.15) is 11.0 Å². The van der Waals surface area contributed by atoms with Gasteiger partial charge < -0.3 is 18.0 Å². The van der Waals surface area contributed by atoms with Gasteiger partial charge in [0.05, 0.1) is 29.8 Å². The standard InChI is InChI=1S/C38H26N2O2S2/c1-19-5-11-23(12-6-19)39-27-17-21(3)9-15-25(27)31-29(39)35-33(41-31)37-38(43-35)34-36(44-37)30-32(42-34)26-16-10-22(4)18-28(26)40(30)24-13-7-20(2)8-14-24/h5-18H,1-4H3. The number of nitrogens with zero attached hydrogens (tertiary/aromatic N) is 2. The van der Waals surface area contributed by atoms with Gasteiger partial charge in [0.2, 0.25) is 0 Å². The first-order chi connectivity index (χ1) is 21.4. The van der Waals surface area contributed by atoms with E-state index in [0.717, 1.165) is 64.9 Å². The number of aryl methyl sites for hydroxylation is 4. The van der Waals surface area contributed by atoms with E-state index in [1.807, 2.05) is 0 Å². The Morgan fingerprint density at radius 1 is 0.432 bits per heavy atom. The molecule has 6 heterocycles. The van der Waals surface area contributed by atoms with E-state index in [9.17, 15) is 0 Å². The molecule has 0 aliphatic rings. The van der Waals surface area contributed by atoms with Crippen molar-refractivity contribution >= 4 is 96.6 Å². The average molecular weight is 607 g/mol. The van der Waals surface area contributed by atoms with Crippen LogP contribution in [0.15, 0.2) is 93.8 Å². The first-order valence-corrected chi connectivity index (χ1v) is 16.5. The fourth-order valence-electron chi connectivity index (χ4n) is 6.87. The number of thiophene rings is 2. The second-order valence-corrected chi connectivity index (χ2v) is 14.2. The second-order valence-electron chi connectivity index (χ2n) is 12.1. The number of aromatic nitrogens is 2. The van der Waals surface area contributed by atoms with Gasteiger partial charge in [-0.15, -0.1) is 22.7 Å². The Morgan fingerprint density at radius 3 is 1.23 bits per heavy atom. The maximum atomic E-state index is 6.85. The van der Waals surface area contributed by atoms with Crippen LogP contribution in [0.2, 0.25) is 0 Å². The number of hydrogen-bond acceptors (Lipinski definition) is 4. The summed E-state index contributed by atoms with van der Waals surface area (Å²) in [6.45, 7) is 8.56. The minimum Gasteiger partial charge on any atom is -0.451 e. The summed E-state index contributed by atoms with van der Waals surface area (Å²) in [6.07, 6.45) is 0. The van der Waals surface area contributed by atoms with Crippen LogP contribution in [0.5, 0.6) is 0 Å². The predicted molar refractivity (Wildman–Crippen MR) is 187 cm³/mol. The van der Waals surface area contributed by atoms with E-state index < -0.39 is 0 Å². The Hall–Kier alpha value is -4.78. The van der Waals surface area contributed by atoms with Crippen LogP contribution >= 0.6 is 22.7 Å². The molecule has 0 saturated heterocycles. The third kappa shape index (κ3) is 3.11. The van der Waals surface area contributed by atoms with Crippen molar-refractivity contribution < 1.29 is 8.83 Å². The van der Waals surface area contributed by atoms with Crippen LogP contribution < -0.4 is 0 Å². The Morgan fingerprint density at radius 2 is 0.818 bits per heavy atom. The minimum absolute atomic E-state index is 0.947. The molecule has 0 bridgehead atoms. The van der Waals surface area contributed by atoms with Gasteiger partial charge in [-0.1, -0.05) is 47.5 Å². The molecule has 0 N–H and O–H groups in total. The highest BCUT2D eigenvalue weighted by Gasteiger charge is 2.28. The van der Waals surface area contributed by atoms with Crippen LogP contribution in [0.25, 0.3) is 85.3 Å². The van der Waals surface area contributed by atoms with Crippen LogP contribution in [0.4, 0.5) is 0 Å². The van der Waals surface area contributed by atoms with Gasteiger partial charge in [0, 0.05) is 22.1 Å². The third-order valence-electron chi connectivity index (χ3n) is 9.02. The van der Waals surface area contributed by atoms with E-state index in [1.165, 1.54) is 42.7 Å². The number of fused-ring (bicyclic) bond motifs is 13. The summed E-state index contributed by atoms with van der Waals surface area (Å²) >= 11 is 3.58. The summed E-state index contributed by atoms with van der Waals surface area (Å²) in [4.78, 5) is 0. The largest absolute Gasteiger partial charge is 0.451 e. The highest BCUT2D eigenvalue weighted by Crippen LogP contribution is 2.53. The van der Waals surface area contributed by atoms with Crippen LogP contribution in [0.1, 0.15) is 22.3 Å². The van der Waals surface area contributed by atoms with Gasteiger partial charge in [0.15, 0.2) is 22.3 Å². The molecule has 0 aliphatic heterocycles. The van der Waals surface area contributed by atoms with Crippen LogP contribution in [-0.4, -0.2) is 9.13 Å². The van der Waals surface area contributed by atoms with E-state index in [-0.39, 0.29) is 0 Å². The van der Waals surface area contributed by atoms with Crippen molar-refractivity contribution in [3.8, 4) is 11.4 Å². The zero-order valence-electron chi connectivity index (χ0n) is 24.6. The lowest BCUT2D eigenvalue weighted by Gasteiger charge is -2.08. The summed E-state index contributed by atoms with van der Waals surface area (Å²) in [7, 11) is 0. The Kier molecular flexibility index (Phi) is 4.72. The summed E-state index contributed by atoms with van der Waals surface area (Å²) in [5.74, 6) is 0. The number of furan rings is 2. The third-order valence-corrected chi connectivity index (χ3v) is 11.5. The van der Waals surface area contributed by atoms with Gasteiger partial charge in [-0.2, -0.15) is 0 Å². The lowest BCUT2D eigenvalue weighted by molar-refractivity contribution is 0.675. The fraction of sp³-hybridized carbons (Fsp3) is 0.105. The molecule has 0 radical (unpaired) electrons. The molecule has 6 heteroatoms. The van der Waals surface area contributed by atoms with Crippen LogP contribution in [0, 0.1) is 27.7 Å². The van der Waals surface area contributed by atoms with Gasteiger partial charge >= 0.3 is 0 Å². The SMILES string of the molecule is Cc1ccc(-n2c3cc(C)ccc3c3oc4c5sc6c(oc7c8ccc(C)cc8n(-c8ccc(C)cc8)c76)c5sc4c32)cc1. The molecule has 0 atom stereocenters. The first-order valence-electron chi connectivity index (χ1n) is 14.8. The Labute approximate surface area is 259 Å². The van der Waals surface area contributed by atoms with Crippen molar-refractivity contribution in [2.24, 2.45) is 0 Å². The zero-order valence-corrected chi connectivity index (χ0v) is 26.2. The molecule has 10 aromatic rings. The molecule has 10 rings (SSSR count). The second kappa shape index (κ2) is 8.44. The van der Waals surface area contributed by atoms with Crippen molar-refractivity contribution in [2.75, 3.05) is 0 Å². The summed E-state index contributed by atoms with van der Waals surface area (Å²) in [5, 5.41) is 2.28. The predicted octanol–water partition coefficient (Wildman–Crippen LogP) is 11.9. The van der Waals surface area contributed by atoms with Gasteiger partial charge in [0.25, 0.3) is 0 Å². The first kappa shape index (κ1) is 24.6. The molecule has 0 fully saturated rings. The molecule has 0 spiro atoms. The minimum atomic E-state index is 0.947. The summed E-state index contributed by atoms with van der Waals surface area (Å²) in [6, 6.07) is 30.8. The van der Waals surface area contributed by atoms with E-state index in [2.05, 4.69) is 122 Å². The van der Waals surface area contributed by atoms with E-state index >= 15 is 0 Å². The van der Waals surface area contributed by atoms with Gasteiger partial charge in [-0.25, -0.2) is 0 Å². The Bertz CT molecular complexity index is 2600. The molecule has 44 heavy (non-hydrogen) atoms. The molecular weight excluding hydrogens is 581 g/mol. The maximum absolute atomic E-state index is 6.85. The zero-order chi connectivity index (χ0) is 29.4. The molecule has 0 amide bonds. The number of benzene rings is 4. The van der Waals surface area contributed by atoms with E-state index in [4.69, 9.17) is 8.83 Å². The van der Waals surface area contributed by atoms with Crippen LogP contribution in [-0.2, 0) is 0 Å². The molecule has 4 aromatic carbocycles. The van der Waals surface area contributed by atoms with Crippen molar-refractivity contribution in [1.29, 1.82) is 0 Å². The van der Waals surface area contributed by atoms with Crippen LogP contribution in [0.3, 0.4) is 0 Å². The molecule has 0 saturated carbocycles. The quantitative estimate of drug-likeness (QED) is 0.196. The summed E-state index contributed by atoms with van der Waals surface area (Å²) in [5.41, 5.74) is 15.6. The molecule has 212 valence electrons. The lowest BCUT2D eigenvalue weighted by Crippen LogP contribution is -1.93. The summed E-state index contributed by atoms with van der Waals surface area (Å²) < 4.78 is 23.1. The van der Waals surface area contributed by atoms with Gasteiger partial charge in [-0.3, -0.25) is 0 Å². The number of rotatable bonds is 2. The molecule has 0 aliphatic carbocycles. The number of hydrogen-bond donors (Lipinski definition) is 0. The molecular formula is C38H26N2O2S2. The monoisotopic (exact) mass is 606 g/mol. The topological polar surface area (TPSA) is 36.1 Å². The molecule has 0 unspecified atom stereocenters.